The van der Waals surface area contributed by atoms with Gasteiger partial charge in [0.2, 0.25) is 0 Å². The maximum atomic E-state index is 11.4. The van der Waals surface area contributed by atoms with Gasteiger partial charge in [0.1, 0.15) is 5.69 Å². The summed E-state index contributed by atoms with van der Waals surface area (Å²) >= 11 is 6.72. The Labute approximate surface area is 144 Å². The molecule has 0 saturated carbocycles. The molecule has 0 unspecified atom stereocenters. The molecule has 1 N–H and O–H groups in total. The second kappa shape index (κ2) is 6.97. The van der Waals surface area contributed by atoms with Gasteiger partial charge in [-0.25, -0.2) is 9.78 Å². The number of carboxylic acid groups (broad SMARTS) is 1. The van der Waals surface area contributed by atoms with Crippen LogP contribution in [0.15, 0.2) is 49.6 Å². The lowest BCUT2D eigenvalue weighted by molar-refractivity contribution is 0.0698. The Morgan fingerprint density at radius 2 is 1.95 bits per heavy atom. The van der Waals surface area contributed by atoms with Crippen LogP contribution in [0.3, 0.4) is 0 Å². The third-order valence-electron chi connectivity index (χ3n) is 2.80. The summed E-state index contributed by atoms with van der Waals surface area (Å²) in [6.07, 6.45) is 1.58. The lowest BCUT2D eigenvalue weighted by Gasteiger charge is -2.15. The molecule has 0 aliphatic rings. The van der Waals surface area contributed by atoms with E-state index in [1.807, 2.05) is 14.1 Å². The van der Waals surface area contributed by atoms with Crippen LogP contribution in [-0.4, -0.2) is 30.2 Å². The van der Waals surface area contributed by atoms with Gasteiger partial charge < -0.3 is 10.0 Å². The van der Waals surface area contributed by atoms with Gasteiger partial charge in [-0.1, -0.05) is 6.07 Å². The molecular weight excluding hydrogens is 416 g/mol. The van der Waals surface area contributed by atoms with Gasteiger partial charge in [-0.15, -0.1) is 10.2 Å². The van der Waals surface area contributed by atoms with Gasteiger partial charge >= 0.3 is 5.97 Å². The van der Waals surface area contributed by atoms with Crippen molar-refractivity contribution in [1.29, 1.82) is 0 Å². The highest BCUT2D eigenvalue weighted by Crippen LogP contribution is 2.35. The number of aromatic nitrogens is 1. The molecule has 1 aromatic carbocycles. The lowest BCUT2D eigenvalue weighted by Crippen LogP contribution is -2.10. The molecule has 6 nitrogen and oxygen atoms in total. The highest BCUT2D eigenvalue weighted by molar-refractivity contribution is 9.13. The van der Waals surface area contributed by atoms with E-state index in [4.69, 9.17) is 0 Å². The first-order valence-corrected chi connectivity index (χ1v) is 7.75. The highest BCUT2D eigenvalue weighted by atomic mass is 79.9. The van der Waals surface area contributed by atoms with Crippen LogP contribution in [-0.2, 0) is 0 Å². The zero-order chi connectivity index (χ0) is 16.3. The zero-order valence-electron chi connectivity index (χ0n) is 11.8. The maximum Gasteiger partial charge on any atom is 0.338 e. The van der Waals surface area contributed by atoms with Crippen molar-refractivity contribution in [3.63, 3.8) is 0 Å². The predicted molar refractivity (Wildman–Crippen MR) is 91.5 cm³/mol. The first-order chi connectivity index (χ1) is 10.4. The summed E-state index contributed by atoms with van der Waals surface area (Å²) in [5, 5.41) is 17.5. The fourth-order valence-electron chi connectivity index (χ4n) is 1.75. The SMILES string of the molecule is CN(C)c1cccc(C(=O)O)c1N=Nc1nccc(Br)c1Br. The third-order valence-corrected chi connectivity index (χ3v) is 4.77. The predicted octanol–water partition coefficient (Wildman–Crippen LogP) is 4.79. The summed E-state index contributed by atoms with van der Waals surface area (Å²) in [5.74, 6) is -0.696. The summed E-state index contributed by atoms with van der Waals surface area (Å²) in [5.41, 5.74) is 1.03. The standard InChI is InChI=1S/C14H12Br2N4O2/c1-20(2)10-5-3-4-8(14(21)22)12(10)18-19-13-11(16)9(15)6-7-17-13/h3-7H,1-2H3,(H,21,22). The van der Waals surface area contributed by atoms with E-state index < -0.39 is 5.97 Å². The van der Waals surface area contributed by atoms with Gasteiger partial charge in [0, 0.05) is 24.8 Å². The average Bonchev–Trinajstić information content (AvgIpc) is 2.48. The normalized spacial score (nSPS) is 10.9. The average molecular weight is 428 g/mol. The quantitative estimate of drug-likeness (QED) is 0.711. The van der Waals surface area contributed by atoms with Crippen molar-refractivity contribution in [2.24, 2.45) is 10.2 Å². The minimum Gasteiger partial charge on any atom is -0.478 e. The second-order valence-corrected chi connectivity index (χ2v) is 6.15. The third kappa shape index (κ3) is 3.50. The molecule has 8 heteroatoms. The number of rotatable bonds is 4. The minimum absolute atomic E-state index is 0.0843. The molecule has 114 valence electrons. The number of azo groups is 1. The number of nitrogens with zero attached hydrogens (tertiary/aromatic N) is 4. The van der Waals surface area contributed by atoms with Gasteiger partial charge in [-0.05, 0) is 50.1 Å². The van der Waals surface area contributed by atoms with Crippen molar-refractivity contribution in [1.82, 2.24) is 4.98 Å². The maximum absolute atomic E-state index is 11.4. The van der Waals surface area contributed by atoms with E-state index in [-0.39, 0.29) is 11.3 Å². The number of benzene rings is 1. The Morgan fingerprint density at radius 3 is 2.59 bits per heavy atom. The van der Waals surface area contributed by atoms with Crippen LogP contribution < -0.4 is 4.90 Å². The fraction of sp³-hybridized carbons (Fsp3) is 0.143. The number of pyridine rings is 1. The minimum atomic E-state index is -1.06. The van der Waals surface area contributed by atoms with E-state index in [0.29, 0.717) is 16.0 Å². The first-order valence-electron chi connectivity index (χ1n) is 6.17. The van der Waals surface area contributed by atoms with Crippen molar-refractivity contribution in [3.05, 3.63) is 45.0 Å². The number of carboxylic acids is 1. The molecule has 0 radical (unpaired) electrons. The number of anilines is 1. The molecule has 22 heavy (non-hydrogen) atoms. The van der Waals surface area contributed by atoms with E-state index in [0.717, 1.165) is 4.47 Å². The van der Waals surface area contributed by atoms with Crippen LogP contribution in [0.1, 0.15) is 10.4 Å². The van der Waals surface area contributed by atoms with Crippen molar-refractivity contribution >= 4 is 55.0 Å². The molecular formula is C14H12Br2N4O2. The van der Waals surface area contributed by atoms with Gasteiger partial charge in [0.15, 0.2) is 5.82 Å². The Kier molecular flexibility index (Phi) is 5.25. The molecule has 0 saturated heterocycles. The molecule has 0 fully saturated rings. The van der Waals surface area contributed by atoms with Crippen LogP contribution in [0.4, 0.5) is 17.2 Å². The molecule has 0 aliphatic heterocycles. The Balaban J connectivity index is 2.54. The smallest absolute Gasteiger partial charge is 0.338 e. The van der Waals surface area contributed by atoms with E-state index >= 15 is 0 Å². The van der Waals surface area contributed by atoms with Crippen LogP contribution in [0.2, 0.25) is 0 Å². The zero-order valence-corrected chi connectivity index (χ0v) is 15.0. The summed E-state index contributed by atoms with van der Waals surface area (Å²) in [4.78, 5) is 17.3. The number of halogens is 2. The number of hydrogen-bond acceptors (Lipinski definition) is 5. The topological polar surface area (TPSA) is 78.2 Å². The van der Waals surface area contributed by atoms with E-state index in [1.165, 1.54) is 6.07 Å². The first kappa shape index (κ1) is 16.6. The van der Waals surface area contributed by atoms with E-state index in [1.54, 1.807) is 29.3 Å². The molecule has 2 aromatic rings. The van der Waals surface area contributed by atoms with E-state index in [9.17, 15) is 9.90 Å². The summed E-state index contributed by atoms with van der Waals surface area (Å²) in [6, 6.07) is 6.71. The Bertz CT molecular complexity index is 748. The molecule has 0 bridgehead atoms. The second-order valence-electron chi connectivity index (χ2n) is 4.50. The molecule has 1 heterocycles. The molecule has 0 spiro atoms. The summed E-state index contributed by atoms with van der Waals surface area (Å²) in [6.45, 7) is 0. The van der Waals surface area contributed by atoms with Crippen LogP contribution in [0.5, 0.6) is 0 Å². The Morgan fingerprint density at radius 1 is 1.23 bits per heavy atom. The van der Waals surface area contributed by atoms with Crippen molar-refractivity contribution in [3.8, 4) is 0 Å². The lowest BCUT2D eigenvalue weighted by atomic mass is 10.1. The van der Waals surface area contributed by atoms with E-state index in [2.05, 4.69) is 47.1 Å². The van der Waals surface area contributed by atoms with Crippen LogP contribution in [0, 0.1) is 0 Å². The van der Waals surface area contributed by atoms with Crippen molar-refractivity contribution in [2.75, 3.05) is 19.0 Å². The highest BCUT2D eigenvalue weighted by Gasteiger charge is 2.15. The summed E-state index contributed by atoms with van der Waals surface area (Å²) < 4.78 is 1.44. The molecule has 1 aromatic heterocycles. The molecule has 0 atom stereocenters. The summed E-state index contributed by atoms with van der Waals surface area (Å²) in [7, 11) is 3.63. The van der Waals surface area contributed by atoms with Crippen molar-refractivity contribution < 1.29 is 9.90 Å². The molecule has 0 amide bonds. The number of carbonyl (C=O) groups is 1. The number of aromatic carboxylic acids is 1. The molecule has 0 aliphatic carbocycles. The van der Waals surface area contributed by atoms with Crippen molar-refractivity contribution in [2.45, 2.75) is 0 Å². The van der Waals surface area contributed by atoms with Gasteiger partial charge in [-0.2, -0.15) is 0 Å². The fourth-order valence-corrected chi connectivity index (χ4v) is 2.36. The van der Waals surface area contributed by atoms with Crippen LogP contribution >= 0.6 is 31.9 Å². The largest absolute Gasteiger partial charge is 0.478 e. The number of hydrogen-bond donors (Lipinski definition) is 1. The Hall–Kier alpha value is -1.80. The molecule has 2 rings (SSSR count). The van der Waals surface area contributed by atoms with Gasteiger partial charge in [0.05, 0.1) is 15.7 Å². The monoisotopic (exact) mass is 426 g/mol. The van der Waals surface area contributed by atoms with Crippen LogP contribution in [0.25, 0.3) is 0 Å². The van der Waals surface area contributed by atoms with Gasteiger partial charge in [0.25, 0.3) is 0 Å². The van der Waals surface area contributed by atoms with Gasteiger partial charge in [-0.3, -0.25) is 0 Å².